The average Bonchev–Trinajstić information content (AvgIpc) is 3.31. The van der Waals surface area contributed by atoms with Gasteiger partial charge in [-0.3, -0.25) is 0 Å². The molecule has 4 aromatic carbocycles. The first-order chi connectivity index (χ1) is 29.2. The second kappa shape index (κ2) is 24.1. The topological polar surface area (TPSA) is 114 Å². The standard InChI is InChI=1S/C14H23N.C14H17N.C14H11N.C12H13NO2/c3*1-11-2-6-13(7-3-11)14-8-4-12(10-15)5-9-14;1-9-7-14-12(15-8-9)11-4-2-10(6-13)3-5-11/h11-14H,2-9H2,1H3;4-5,8-9,11,13H,2-3,6-7H2,1H3;2-9H,1H3;2-5,9,12H,7-8H2,1H3. The number of benzene rings is 4. The molecule has 0 spiro atoms. The van der Waals surface area contributed by atoms with Gasteiger partial charge in [-0.15, -0.1) is 0 Å². The Bertz CT molecular complexity index is 1940. The Morgan fingerprint density at radius 2 is 0.817 bits per heavy atom. The summed E-state index contributed by atoms with van der Waals surface area (Å²) in [5.41, 5.74) is 8.10. The molecule has 1 aliphatic heterocycles. The molecule has 0 radical (unpaired) electrons. The van der Waals surface area contributed by atoms with Gasteiger partial charge in [-0.2, -0.15) is 21.0 Å². The van der Waals surface area contributed by atoms with Crippen molar-refractivity contribution < 1.29 is 9.47 Å². The monoisotopic (exact) mass is 801 g/mol. The molecule has 4 fully saturated rings. The van der Waals surface area contributed by atoms with Crippen LogP contribution in [0, 0.1) is 87.8 Å². The van der Waals surface area contributed by atoms with Crippen molar-refractivity contribution in [1.82, 2.24) is 0 Å². The Morgan fingerprint density at radius 3 is 1.25 bits per heavy atom. The number of hydrogen-bond donors (Lipinski definition) is 0. The molecule has 0 aromatic heterocycles. The molecule has 60 heavy (non-hydrogen) atoms. The van der Waals surface area contributed by atoms with Crippen LogP contribution in [0.3, 0.4) is 0 Å². The van der Waals surface area contributed by atoms with E-state index in [1.807, 2.05) is 48.5 Å². The molecule has 0 atom stereocenters. The summed E-state index contributed by atoms with van der Waals surface area (Å²) in [6, 6.07) is 40.2. The number of nitrogens with zero attached hydrogens (tertiary/aromatic N) is 4. The van der Waals surface area contributed by atoms with Gasteiger partial charge >= 0.3 is 0 Å². The van der Waals surface area contributed by atoms with Crippen molar-refractivity contribution >= 4 is 0 Å². The molecule has 0 amide bonds. The maximum Gasteiger partial charge on any atom is 0.183 e. The van der Waals surface area contributed by atoms with Crippen LogP contribution >= 0.6 is 0 Å². The van der Waals surface area contributed by atoms with Gasteiger partial charge in [0.15, 0.2) is 6.29 Å². The number of nitriles is 4. The van der Waals surface area contributed by atoms with E-state index in [-0.39, 0.29) is 6.29 Å². The first-order valence-electron chi connectivity index (χ1n) is 22.4. The predicted octanol–water partition coefficient (Wildman–Crippen LogP) is 13.8. The highest BCUT2D eigenvalue weighted by atomic mass is 16.7. The molecule has 3 aliphatic carbocycles. The fraction of sp³-hybridized carbons (Fsp3) is 0.481. The molecule has 4 aromatic rings. The van der Waals surface area contributed by atoms with Crippen molar-refractivity contribution in [3.05, 3.63) is 130 Å². The SMILES string of the molecule is CC1CCC(C2CCC(C#N)CC2)CC1.CC1CCC(c2ccc(C#N)cc2)CC1.CC1COC(c2ccc(C#N)cc2)OC1.Cc1ccc(-c2ccc(C#N)cc2)cc1. The van der Waals surface area contributed by atoms with Crippen LogP contribution in [-0.2, 0) is 9.47 Å². The Balaban J connectivity index is 0.000000152. The van der Waals surface area contributed by atoms with Crippen molar-refractivity contribution in [1.29, 1.82) is 21.0 Å². The third-order valence-electron chi connectivity index (χ3n) is 13.0. The Kier molecular flexibility index (Phi) is 18.4. The number of rotatable bonds is 4. The van der Waals surface area contributed by atoms with Crippen LogP contribution in [0.25, 0.3) is 11.1 Å². The predicted molar refractivity (Wildman–Crippen MR) is 240 cm³/mol. The lowest BCUT2D eigenvalue weighted by molar-refractivity contribution is -0.202. The molecule has 6 nitrogen and oxygen atoms in total. The Morgan fingerprint density at radius 1 is 0.433 bits per heavy atom. The van der Waals surface area contributed by atoms with E-state index >= 15 is 0 Å². The molecule has 0 bridgehead atoms. The summed E-state index contributed by atoms with van der Waals surface area (Å²) in [4.78, 5) is 0. The number of aryl methyl sites for hydroxylation is 1. The fourth-order valence-corrected chi connectivity index (χ4v) is 8.89. The van der Waals surface area contributed by atoms with Crippen LogP contribution < -0.4 is 0 Å². The van der Waals surface area contributed by atoms with Crippen LogP contribution in [0.5, 0.6) is 0 Å². The molecule has 4 aliphatic rings. The lowest BCUT2D eigenvalue weighted by atomic mass is 9.70. The van der Waals surface area contributed by atoms with Crippen LogP contribution in [0.4, 0.5) is 0 Å². The number of hydrogen-bond acceptors (Lipinski definition) is 6. The second-order valence-electron chi connectivity index (χ2n) is 17.8. The number of ether oxygens (including phenoxy) is 2. The van der Waals surface area contributed by atoms with E-state index in [1.54, 1.807) is 12.1 Å². The molecule has 1 saturated heterocycles. The summed E-state index contributed by atoms with van der Waals surface area (Å²) in [5.74, 6) is 5.40. The first-order valence-corrected chi connectivity index (χ1v) is 22.4. The van der Waals surface area contributed by atoms with Crippen molar-refractivity contribution in [3.63, 3.8) is 0 Å². The highest BCUT2D eigenvalue weighted by molar-refractivity contribution is 5.64. The highest BCUT2D eigenvalue weighted by Crippen LogP contribution is 2.41. The van der Waals surface area contributed by atoms with Crippen molar-refractivity contribution in [2.45, 2.75) is 117 Å². The first kappa shape index (κ1) is 45.8. The van der Waals surface area contributed by atoms with Gasteiger partial charge in [0.1, 0.15) is 0 Å². The molecule has 0 unspecified atom stereocenters. The minimum atomic E-state index is -0.269. The van der Waals surface area contributed by atoms with E-state index in [4.69, 9.17) is 30.5 Å². The summed E-state index contributed by atoms with van der Waals surface area (Å²) >= 11 is 0. The summed E-state index contributed by atoms with van der Waals surface area (Å²) in [7, 11) is 0. The van der Waals surface area contributed by atoms with E-state index in [1.165, 1.54) is 93.7 Å². The zero-order chi connectivity index (χ0) is 42.7. The second-order valence-corrected chi connectivity index (χ2v) is 17.8. The molecule has 312 valence electrons. The van der Waals surface area contributed by atoms with Crippen molar-refractivity contribution in [2.24, 2.45) is 35.5 Å². The van der Waals surface area contributed by atoms with Gasteiger partial charge in [0.05, 0.1) is 54.2 Å². The molecular formula is C54H64N4O2. The van der Waals surface area contributed by atoms with Crippen LogP contribution in [0.2, 0.25) is 0 Å². The summed E-state index contributed by atoms with van der Waals surface area (Å²) < 4.78 is 11.1. The fourth-order valence-electron chi connectivity index (χ4n) is 8.89. The molecule has 1 heterocycles. The molecule has 3 saturated carbocycles. The maximum atomic E-state index is 8.87. The van der Waals surface area contributed by atoms with Gasteiger partial charge in [-0.1, -0.05) is 113 Å². The largest absolute Gasteiger partial charge is 0.348 e. The molecule has 0 N–H and O–H groups in total. The van der Waals surface area contributed by atoms with Gasteiger partial charge in [0, 0.05) is 17.4 Å². The quantitative estimate of drug-likeness (QED) is 0.203. The highest BCUT2D eigenvalue weighted by Gasteiger charge is 2.30. The third-order valence-corrected chi connectivity index (χ3v) is 13.0. The lowest BCUT2D eigenvalue weighted by Crippen LogP contribution is -2.24. The van der Waals surface area contributed by atoms with E-state index in [0.717, 1.165) is 59.5 Å². The van der Waals surface area contributed by atoms with Gasteiger partial charge in [-0.05, 0) is 141 Å². The Hall–Kier alpha value is -5.24. The molecule has 8 rings (SSSR count). The summed E-state index contributed by atoms with van der Waals surface area (Å²) in [5, 5.41) is 34.9. The van der Waals surface area contributed by atoms with Crippen LogP contribution in [-0.4, -0.2) is 13.2 Å². The zero-order valence-electron chi connectivity index (χ0n) is 36.4. The minimum Gasteiger partial charge on any atom is -0.348 e. The van der Waals surface area contributed by atoms with E-state index in [9.17, 15) is 0 Å². The summed E-state index contributed by atoms with van der Waals surface area (Å²) in [6.45, 7) is 10.4. The van der Waals surface area contributed by atoms with Gasteiger partial charge < -0.3 is 9.47 Å². The average molecular weight is 801 g/mol. The van der Waals surface area contributed by atoms with E-state index < -0.39 is 0 Å². The molecular weight excluding hydrogens is 737 g/mol. The zero-order valence-corrected chi connectivity index (χ0v) is 36.4. The lowest BCUT2D eigenvalue weighted by Gasteiger charge is -2.35. The van der Waals surface area contributed by atoms with E-state index in [2.05, 4.69) is 88.4 Å². The van der Waals surface area contributed by atoms with Crippen molar-refractivity contribution in [3.8, 4) is 35.4 Å². The van der Waals surface area contributed by atoms with Gasteiger partial charge in [0.2, 0.25) is 0 Å². The smallest absolute Gasteiger partial charge is 0.183 e. The molecule has 6 heteroatoms. The van der Waals surface area contributed by atoms with Crippen LogP contribution in [0.1, 0.15) is 143 Å². The van der Waals surface area contributed by atoms with Crippen LogP contribution in [0.15, 0.2) is 97.1 Å². The third kappa shape index (κ3) is 14.5. The van der Waals surface area contributed by atoms with Crippen molar-refractivity contribution in [2.75, 3.05) is 13.2 Å². The van der Waals surface area contributed by atoms with E-state index in [0.29, 0.717) is 23.0 Å². The normalized spacial score (nSPS) is 25.9. The Labute approximate surface area is 360 Å². The van der Waals surface area contributed by atoms with Gasteiger partial charge in [0.25, 0.3) is 0 Å². The maximum absolute atomic E-state index is 8.87. The summed E-state index contributed by atoms with van der Waals surface area (Å²) in [6.07, 6.45) is 15.9. The minimum absolute atomic E-state index is 0.269. The van der Waals surface area contributed by atoms with Gasteiger partial charge in [-0.25, -0.2) is 0 Å².